The number of likely N-dealkylation sites (tertiary alicyclic amines) is 1. The maximum atomic E-state index is 13.5. The van der Waals surface area contributed by atoms with E-state index in [9.17, 15) is 9.18 Å². The van der Waals surface area contributed by atoms with Crippen molar-refractivity contribution in [2.24, 2.45) is 0 Å². The number of anilines is 3. The molecule has 6 rings (SSSR count). The van der Waals surface area contributed by atoms with Gasteiger partial charge in [0.15, 0.2) is 0 Å². The van der Waals surface area contributed by atoms with E-state index in [1.54, 1.807) is 36.4 Å². The molecule has 9 nitrogen and oxygen atoms in total. The average molecular weight is 618 g/mol. The SMILES string of the molecule is CN1CCCC1/C=C/C(=O)Nc1cc2c(Nc3ccc(OCc4cccc(F)c4)c(Cl)c3)ncnc2cc1O[C@H]1CCOC1. The van der Waals surface area contributed by atoms with Gasteiger partial charge in [0, 0.05) is 35.7 Å². The van der Waals surface area contributed by atoms with Crippen molar-refractivity contribution in [1.82, 2.24) is 14.9 Å². The Kier molecular flexibility index (Phi) is 9.20. The van der Waals surface area contributed by atoms with Crippen molar-refractivity contribution in [2.75, 3.05) is 37.4 Å². The molecule has 0 saturated carbocycles. The first-order chi connectivity index (χ1) is 21.4. The van der Waals surface area contributed by atoms with Crippen LogP contribution in [0.15, 0.2) is 73.1 Å². The highest BCUT2D eigenvalue weighted by molar-refractivity contribution is 6.32. The van der Waals surface area contributed by atoms with Crippen molar-refractivity contribution in [1.29, 1.82) is 0 Å². The Morgan fingerprint density at radius 1 is 1.16 bits per heavy atom. The Morgan fingerprint density at radius 2 is 2.07 bits per heavy atom. The Morgan fingerprint density at radius 3 is 2.84 bits per heavy atom. The average Bonchev–Trinajstić information content (AvgIpc) is 3.68. The normalized spacial score (nSPS) is 18.6. The summed E-state index contributed by atoms with van der Waals surface area (Å²) in [5.74, 6) is 0.933. The van der Waals surface area contributed by atoms with E-state index in [0.717, 1.165) is 25.8 Å². The smallest absolute Gasteiger partial charge is 0.248 e. The van der Waals surface area contributed by atoms with E-state index in [1.807, 2.05) is 18.2 Å². The number of carbonyl (C=O) groups excluding carboxylic acids is 1. The molecule has 228 valence electrons. The summed E-state index contributed by atoms with van der Waals surface area (Å²) < 4.78 is 31.1. The van der Waals surface area contributed by atoms with Crippen LogP contribution in [0.4, 0.5) is 21.6 Å². The summed E-state index contributed by atoms with van der Waals surface area (Å²) in [6.07, 6.45) is 7.78. The lowest BCUT2D eigenvalue weighted by molar-refractivity contribution is -0.112. The lowest BCUT2D eigenvalue weighted by atomic mass is 10.1. The van der Waals surface area contributed by atoms with Crippen molar-refractivity contribution in [3.8, 4) is 11.5 Å². The van der Waals surface area contributed by atoms with Gasteiger partial charge in [-0.05, 0) is 68.4 Å². The number of likely N-dealkylation sites (N-methyl/N-ethyl adjacent to an activating group) is 1. The maximum absolute atomic E-state index is 13.5. The molecule has 2 N–H and O–H groups in total. The molecule has 2 aliphatic heterocycles. The van der Waals surface area contributed by atoms with E-state index in [-0.39, 0.29) is 30.5 Å². The van der Waals surface area contributed by atoms with Crippen LogP contribution in [-0.2, 0) is 16.1 Å². The highest BCUT2D eigenvalue weighted by atomic mass is 35.5. The van der Waals surface area contributed by atoms with Crippen LogP contribution in [0.1, 0.15) is 24.8 Å². The number of fused-ring (bicyclic) bond motifs is 1. The van der Waals surface area contributed by atoms with Gasteiger partial charge in [0.2, 0.25) is 5.91 Å². The second-order valence-corrected chi connectivity index (χ2v) is 11.3. The monoisotopic (exact) mass is 617 g/mol. The van der Waals surface area contributed by atoms with Gasteiger partial charge in [-0.15, -0.1) is 0 Å². The van der Waals surface area contributed by atoms with E-state index in [0.29, 0.717) is 63.4 Å². The lowest BCUT2D eigenvalue weighted by Crippen LogP contribution is -2.23. The molecule has 3 heterocycles. The first-order valence-electron chi connectivity index (χ1n) is 14.6. The zero-order valence-electron chi connectivity index (χ0n) is 24.3. The molecule has 0 bridgehead atoms. The highest BCUT2D eigenvalue weighted by Gasteiger charge is 2.22. The molecule has 0 aliphatic carbocycles. The number of amides is 1. The van der Waals surface area contributed by atoms with Crippen LogP contribution >= 0.6 is 11.6 Å². The number of halogens is 2. The molecule has 0 spiro atoms. The Balaban J connectivity index is 1.23. The van der Waals surface area contributed by atoms with Gasteiger partial charge in [-0.25, -0.2) is 14.4 Å². The highest BCUT2D eigenvalue weighted by Crippen LogP contribution is 2.36. The minimum Gasteiger partial charge on any atom is -0.487 e. The van der Waals surface area contributed by atoms with Gasteiger partial charge in [0.05, 0.1) is 29.4 Å². The Bertz CT molecular complexity index is 1680. The van der Waals surface area contributed by atoms with E-state index in [2.05, 4.69) is 32.5 Å². The summed E-state index contributed by atoms with van der Waals surface area (Å²) in [6.45, 7) is 2.32. The summed E-state index contributed by atoms with van der Waals surface area (Å²) in [7, 11) is 2.06. The van der Waals surface area contributed by atoms with Gasteiger partial charge in [-0.3, -0.25) is 9.69 Å². The fourth-order valence-electron chi connectivity index (χ4n) is 5.34. The summed E-state index contributed by atoms with van der Waals surface area (Å²) in [5.41, 5.74) is 2.52. The number of nitrogens with zero attached hydrogens (tertiary/aromatic N) is 3. The quantitative estimate of drug-likeness (QED) is 0.195. The number of nitrogens with one attached hydrogen (secondary N) is 2. The lowest BCUT2D eigenvalue weighted by Gasteiger charge is -2.18. The van der Waals surface area contributed by atoms with Gasteiger partial charge in [-0.2, -0.15) is 0 Å². The fraction of sp³-hybridized carbons (Fsp3) is 0.303. The van der Waals surface area contributed by atoms with Gasteiger partial charge in [-0.1, -0.05) is 29.8 Å². The standard InChI is InChI=1S/C33H33ClFN5O4/c1-40-12-3-6-24(40)8-10-32(41)39-29-16-26-28(17-31(29)44-25-11-13-42-19-25)36-20-37-33(26)38-23-7-9-30(27(34)15-23)43-18-21-4-2-5-22(35)14-21/h2,4-5,7-10,14-17,20,24-25H,3,6,11-13,18-19H2,1H3,(H,39,41)(H,36,37,38)/b10-8+/t24?,25-/m0/s1. The number of aromatic nitrogens is 2. The Labute approximate surface area is 260 Å². The van der Waals surface area contributed by atoms with Crippen molar-refractivity contribution < 1.29 is 23.4 Å². The largest absolute Gasteiger partial charge is 0.487 e. The van der Waals surface area contributed by atoms with Crippen LogP contribution in [0.25, 0.3) is 10.9 Å². The molecule has 2 atom stereocenters. The third-order valence-corrected chi connectivity index (χ3v) is 8.00. The molecule has 2 aliphatic rings. The predicted octanol–water partition coefficient (Wildman–Crippen LogP) is 6.50. The van der Waals surface area contributed by atoms with Crippen molar-refractivity contribution in [2.45, 2.75) is 38.0 Å². The first-order valence-corrected chi connectivity index (χ1v) is 15.0. The molecule has 1 unspecified atom stereocenters. The molecule has 1 amide bonds. The van der Waals surface area contributed by atoms with Crippen molar-refractivity contribution >= 4 is 45.6 Å². The van der Waals surface area contributed by atoms with E-state index in [4.69, 9.17) is 25.8 Å². The fourth-order valence-corrected chi connectivity index (χ4v) is 5.57. The minimum atomic E-state index is -0.323. The zero-order valence-corrected chi connectivity index (χ0v) is 25.0. The summed E-state index contributed by atoms with van der Waals surface area (Å²) >= 11 is 6.53. The van der Waals surface area contributed by atoms with Crippen LogP contribution in [-0.4, -0.2) is 59.7 Å². The van der Waals surface area contributed by atoms with Gasteiger partial charge >= 0.3 is 0 Å². The van der Waals surface area contributed by atoms with Crippen LogP contribution in [0.3, 0.4) is 0 Å². The van der Waals surface area contributed by atoms with Gasteiger partial charge in [0.1, 0.15) is 42.2 Å². The first kappa shape index (κ1) is 29.8. The van der Waals surface area contributed by atoms with Crippen molar-refractivity contribution in [3.05, 3.63) is 89.5 Å². The summed E-state index contributed by atoms with van der Waals surface area (Å²) in [5, 5.41) is 7.36. The number of rotatable bonds is 10. The summed E-state index contributed by atoms with van der Waals surface area (Å²) in [4.78, 5) is 24.2. The molecular formula is C33H33ClFN5O4. The predicted molar refractivity (Wildman–Crippen MR) is 168 cm³/mol. The van der Waals surface area contributed by atoms with Crippen LogP contribution in [0, 0.1) is 5.82 Å². The number of hydrogen-bond acceptors (Lipinski definition) is 8. The molecular weight excluding hydrogens is 585 g/mol. The zero-order chi connectivity index (χ0) is 30.5. The van der Waals surface area contributed by atoms with E-state index in [1.165, 1.54) is 18.5 Å². The number of ether oxygens (including phenoxy) is 3. The minimum absolute atomic E-state index is 0.117. The number of carbonyl (C=O) groups is 1. The topological polar surface area (TPSA) is 97.8 Å². The molecule has 2 fully saturated rings. The third-order valence-electron chi connectivity index (χ3n) is 7.70. The Hall–Kier alpha value is -4.25. The molecule has 3 aromatic carbocycles. The maximum Gasteiger partial charge on any atom is 0.248 e. The number of benzene rings is 3. The number of hydrogen-bond donors (Lipinski definition) is 2. The van der Waals surface area contributed by atoms with E-state index < -0.39 is 0 Å². The van der Waals surface area contributed by atoms with Crippen LogP contribution in [0.2, 0.25) is 5.02 Å². The summed E-state index contributed by atoms with van der Waals surface area (Å²) in [6, 6.07) is 15.4. The molecule has 2 saturated heterocycles. The van der Waals surface area contributed by atoms with Gasteiger partial charge < -0.3 is 24.8 Å². The molecule has 0 radical (unpaired) electrons. The molecule has 44 heavy (non-hydrogen) atoms. The van der Waals surface area contributed by atoms with E-state index >= 15 is 0 Å². The molecule has 11 heteroatoms. The molecule has 1 aromatic heterocycles. The van der Waals surface area contributed by atoms with Gasteiger partial charge in [0.25, 0.3) is 0 Å². The molecule has 4 aromatic rings. The third kappa shape index (κ3) is 7.27. The second kappa shape index (κ2) is 13.6. The van der Waals surface area contributed by atoms with Crippen LogP contribution < -0.4 is 20.1 Å². The van der Waals surface area contributed by atoms with Crippen molar-refractivity contribution in [3.63, 3.8) is 0 Å². The van der Waals surface area contributed by atoms with Crippen LogP contribution in [0.5, 0.6) is 11.5 Å². The second-order valence-electron chi connectivity index (χ2n) is 10.9.